The first kappa shape index (κ1) is 13.5. The van der Waals surface area contributed by atoms with E-state index >= 15 is 0 Å². The van der Waals surface area contributed by atoms with Crippen molar-refractivity contribution in [2.24, 2.45) is 11.8 Å². The number of carbonyl (C=O) groups is 2. The Balaban J connectivity index is 1.68. The zero-order chi connectivity index (χ0) is 15.5. The van der Waals surface area contributed by atoms with E-state index in [1.807, 2.05) is 43.3 Å². The van der Waals surface area contributed by atoms with Gasteiger partial charge in [-0.2, -0.15) is 0 Å². The highest BCUT2D eigenvalue weighted by Gasteiger charge is 2.67. The Hall–Kier alpha value is -2.14. The molecule has 1 aromatic carbocycles. The molecule has 5 nitrogen and oxygen atoms in total. The van der Waals surface area contributed by atoms with Crippen LogP contribution in [0.5, 0.6) is 0 Å². The van der Waals surface area contributed by atoms with Gasteiger partial charge in [-0.25, -0.2) is 0 Å². The molecule has 5 atom stereocenters. The summed E-state index contributed by atoms with van der Waals surface area (Å²) in [5.74, 6) is -2.45. The van der Waals surface area contributed by atoms with Gasteiger partial charge in [0.05, 0.1) is 24.6 Å². The van der Waals surface area contributed by atoms with Gasteiger partial charge in [-0.15, -0.1) is 0 Å². The molecule has 1 amide bonds. The highest BCUT2D eigenvalue weighted by Crippen LogP contribution is 2.53. The van der Waals surface area contributed by atoms with Crippen LogP contribution in [0.25, 0.3) is 0 Å². The lowest BCUT2D eigenvalue weighted by atomic mass is 9.77. The molecule has 4 rings (SSSR count). The summed E-state index contributed by atoms with van der Waals surface area (Å²) in [6.45, 7) is 2.39. The highest BCUT2D eigenvalue weighted by atomic mass is 16.5. The maximum atomic E-state index is 12.8. The SMILES string of the molecule is C[C@@H](c1ccccc1)N1C[C@@]23C=C[C@@H](O2)[C@@H](C(=O)O)[C@@H]3C1=O. The molecule has 3 aliphatic rings. The summed E-state index contributed by atoms with van der Waals surface area (Å²) in [7, 11) is 0. The Morgan fingerprint density at radius 1 is 1.41 bits per heavy atom. The first-order valence-corrected chi connectivity index (χ1v) is 7.49. The van der Waals surface area contributed by atoms with E-state index in [-0.39, 0.29) is 11.9 Å². The molecular weight excluding hydrogens is 282 g/mol. The first-order valence-electron chi connectivity index (χ1n) is 7.49. The van der Waals surface area contributed by atoms with E-state index in [1.54, 1.807) is 11.0 Å². The predicted octanol–water partition coefficient (Wildman–Crippen LogP) is 1.61. The summed E-state index contributed by atoms with van der Waals surface area (Å²) >= 11 is 0. The van der Waals surface area contributed by atoms with Gasteiger partial charge in [0.2, 0.25) is 5.91 Å². The van der Waals surface area contributed by atoms with Gasteiger partial charge < -0.3 is 14.7 Å². The molecule has 3 aliphatic heterocycles. The van der Waals surface area contributed by atoms with E-state index in [4.69, 9.17) is 4.74 Å². The van der Waals surface area contributed by atoms with Crippen LogP contribution in [0.15, 0.2) is 42.5 Å². The summed E-state index contributed by atoms with van der Waals surface area (Å²) < 4.78 is 5.89. The topological polar surface area (TPSA) is 66.8 Å². The maximum absolute atomic E-state index is 12.8. The number of rotatable bonds is 3. The van der Waals surface area contributed by atoms with Gasteiger partial charge in [-0.1, -0.05) is 42.5 Å². The van der Waals surface area contributed by atoms with Gasteiger partial charge in [0, 0.05) is 0 Å². The third kappa shape index (κ3) is 1.63. The Morgan fingerprint density at radius 3 is 2.82 bits per heavy atom. The lowest BCUT2D eigenvalue weighted by molar-refractivity contribution is -0.148. The summed E-state index contributed by atoms with van der Waals surface area (Å²) in [6, 6.07) is 9.67. The number of hydrogen-bond acceptors (Lipinski definition) is 3. The van der Waals surface area contributed by atoms with Gasteiger partial charge in [-0.3, -0.25) is 9.59 Å². The molecule has 1 aromatic rings. The molecule has 2 bridgehead atoms. The van der Waals surface area contributed by atoms with Crippen molar-refractivity contribution >= 4 is 11.9 Å². The van der Waals surface area contributed by atoms with Crippen LogP contribution >= 0.6 is 0 Å². The molecule has 22 heavy (non-hydrogen) atoms. The monoisotopic (exact) mass is 299 g/mol. The van der Waals surface area contributed by atoms with E-state index < -0.39 is 29.5 Å². The Kier molecular flexibility index (Phi) is 2.72. The van der Waals surface area contributed by atoms with Crippen LogP contribution in [0.1, 0.15) is 18.5 Å². The van der Waals surface area contributed by atoms with Crippen molar-refractivity contribution in [3.63, 3.8) is 0 Å². The lowest BCUT2D eigenvalue weighted by Gasteiger charge is -2.27. The van der Waals surface area contributed by atoms with Crippen LogP contribution in [0.4, 0.5) is 0 Å². The smallest absolute Gasteiger partial charge is 0.310 e. The number of carboxylic acid groups (broad SMARTS) is 1. The summed E-state index contributed by atoms with van der Waals surface area (Å²) in [4.78, 5) is 26.1. The normalized spacial score (nSPS) is 36.7. The number of aliphatic carboxylic acids is 1. The van der Waals surface area contributed by atoms with Gasteiger partial charge in [0.15, 0.2) is 0 Å². The third-order valence-electron chi connectivity index (χ3n) is 5.16. The second-order valence-corrected chi connectivity index (χ2v) is 6.29. The van der Waals surface area contributed by atoms with Crippen LogP contribution in [-0.2, 0) is 14.3 Å². The standard InChI is InChI=1S/C17H17NO4/c1-10(11-5-3-2-4-6-11)18-9-17-8-7-12(22-17)13(16(20)21)14(17)15(18)19/h2-8,10,12-14H,9H2,1H3,(H,20,21)/t10-,12+,13+,14+,17+/m0/s1. The number of amides is 1. The molecule has 5 heteroatoms. The second kappa shape index (κ2) is 4.43. The molecular formula is C17H17NO4. The van der Waals surface area contributed by atoms with Crippen molar-refractivity contribution in [1.29, 1.82) is 0 Å². The number of fused-ring (bicyclic) bond motifs is 1. The van der Waals surface area contributed by atoms with Crippen molar-refractivity contribution in [1.82, 2.24) is 4.90 Å². The van der Waals surface area contributed by atoms with Crippen molar-refractivity contribution in [2.45, 2.75) is 24.7 Å². The quantitative estimate of drug-likeness (QED) is 0.861. The zero-order valence-corrected chi connectivity index (χ0v) is 12.2. The predicted molar refractivity (Wildman–Crippen MR) is 77.9 cm³/mol. The molecule has 1 spiro atoms. The summed E-state index contributed by atoms with van der Waals surface area (Å²) in [5.41, 5.74) is 0.283. The molecule has 2 fully saturated rings. The zero-order valence-electron chi connectivity index (χ0n) is 12.2. The number of benzene rings is 1. The van der Waals surface area contributed by atoms with Crippen molar-refractivity contribution in [3.05, 3.63) is 48.0 Å². The molecule has 1 N–H and O–H groups in total. The molecule has 0 aliphatic carbocycles. The number of carbonyl (C=O) groups excluding carboxylic acids is 1. The molecule has 0 aromatic heterocycles. The minimum Gasteiger partial charge on any atom is -0.481 e. The van der Waals surface area contributed by atoms with E-state index in [2.05, 4.69) is 0 Å². The highest BCUT2D eigenvalue weighted by molar-refractivity contribution is 5.91. The van der Waals surface area contributed by atoms with Crippen LogP contribution in [0.3, 0.4) is 0 Å². The number of nitrogens with zero attached hydrogens (tertiary/aromatic N) is 1. The van der Waals surface area contributed by atoms with E-state index in [0.29, 0.717) is 6.54 Å². The summed E-state index contributed by atoms with van der Waals surface area (Å²) in [6.07, 6.45) is 3.21. The molecule has 0 unspecified atom stereocenters. The van der Waals surface area contributed by atoms with Crippen molar-refractivity contribution in [2.75, 3.05) is 6.54 Å². The fourth-order valence-corrected chi connectivity index (χ4v) is 4.05. The molecule has 0 saturated carbocycles. The first-order chi connectivity index (χ1) is 10.5. The Bertz CT molecular complexity index is 670. The average molecular weight is 299 g/mol. The summed E-state index contributed by atoms with van der Waals surface area (Å²) in [5, 5.41) is 9.45. The van der Waals surface area contributed by atoms with Crippen LogP contribution in [0, 0.1) is 11.8 Å². The molecule has 0 radical (unpaired) electrons. The second-order valence-electron chi connectivity index (χ2n) is 6.29. The number of likely N-dealkylation sites (tertiary alicyclic amines) is 1. The molecule has 3 heterocycles. The largest absolute Gasteiger partial charge is 0.481 e. The fourth-order valence-electron chi connectivity index (χ4n) is 4.05. The van der Waals surface area contributed by atoms with Gasteiger partial charge in [0.1, 0.15) is 11.5 Å². The number of hydrogen-bond donors (Lipinski definition) is 1. The van der Waals surface area contributed by atoms with Crippen LogP contribution < -0.4 is 0 Å². The van der Waals surface area contributed by atoms with E-state index in [0.717, 1.165) is 5.56 Å². The molecule has 114 valence electrons. The lowest BCUT2D eigenvalue weighted by Crippen LogP contribution is -2.39. The number of ether oxygens (including phenoxy) is 1. The van der Waals surface area contributed by atoms with Gasteiger partial charge >= 0.3 is 5.97 Å². The number of carboxylic acids is 1. The third-order valence-corrected chi connectivity index (χ3v) is 5.16. The van der Waals surface area contributed by atoms with E-state index in [9.17, 15) is 14.7 Å². The fraction of sp³-hybridized carbons (Fsp3) is 0.412. The van der Waals surface area contributed by atoms with Crippen molar-refractivity contribution in [3.8, 4) is 0 Å². The molecule has 2 saturated heterocycles. The van der Waals surface area contributed by atoms with Gasteiger partial charge in [0.25, 0.3) is 0 Å². The van der Waals surface area contributed by atoms with Gasteiger partial charge in [-0.05, 0) is 12.5 Å². The Labute approximate surface area is 128 Å². The van der Waals surface area contributed by atoms with Crippen LogP contribution in [0.2, 0.25) is 0 Å². The minimum absolute atomic E-state index is 0.0980. The van der Waals surface area contributed by atoms with E-state index in [1.165, 1.54) is 0 Å². The van der Waals surface area contributed by atoms with Crippen molar-refractivity contribution < 1.29 is 19.4 Å². The van der Waals surface area contributed by atoms with Crippen LogP contribution in [-0.4, -0.2) is 40.1 Å². The Morgan fingerprint density at radius 2 is 2.14 bits per heavy atom. The minimum atomic E-state index is -0.955. The maximum Gasteiger partial charge on any atom is 0.310 e. The average Bonchev–Trinajstić information content (AvgIpc) is 3.15.